The Kier molecular flexibility index (Phi) is 3.95. The first-order valence-electron chi connectivity index (χ1n) is 9.22. The van der Waals surface area contributed by atoms with E-state index in [2.05, 4.69) is 92.1 Å². The molecule has 0 amide bonds. The lowest BCUT2D eigenvalue weighted by molar-refractivity contribution is -0.688. The normalized spacial score (nSPS) is 13.2. The first-order valence-corrected chi connectivity index (χ1v) is 9.22. The Balaban J connectivity index is 1.97. The molecule has 0 bridgehead atoms. The first-order chi connectivity index (χ1) is 12.0. The molecule has 0 spiro atoms. The summed E-state index contributed by atoms with van der Waals surface area (Å²) in [6.07, 6.45) is 2.27. The van der Waals surface area contributed by atoms with Gasteiger partial charge in [0.05, 0.1) is 0 Å². The molecule has 3 aromatic rings. The Morgan fingerprint density at radius 1 is 0.760 bits per heavy atom. The monoisotopic (exact) mass is 328 g/mol. The Morgan fingerprint density at radius 3 is 2.20 bits per heavy atom. The largest absolute Gasteiger partial charge is 0.216 e. The molecule has 1 nitrogen and oxygen atoms in total. The average Bonchev–Trinajstić information content (AvgIpc) is 2.61. The van der Waals surface area contributed by atoms with Crippen LogP contribution < -0.4 is 4.57 Å². The Morgan fingerprint density at radius 2 is 1.44 bits per heavy atom. The summed E-state index contributed by atoms with van der Waals surface area (Å²) >= 11 is 0. The zero-order chi connectivity index (χ0) is 17.4. The van der Waals surface area contributed by atoms with Crippen LogP contribution in [0.3, 0.4) is 0 Å². The topological polar surface area (TPSA) is 3.88 Å². The molecule has 0 N–H and O–H groups in total. The van der Waals surface area contributed by atoms with Crippen molar-refractivity contribution in [3.8, 4) is 11.3 Å². The number of hydrogen-bond acceptors (Lipinski definition) is 0. The van der Waals surface area contributed by atoms with Crippen molar-refractivity contribution in [2.45, 2.75) is 45.6 Å². The van der Waals surface area contributed by atoms with Crippen LogP contribution in [-0.2, 0) is 24.8 Å². The summed E-state index contributed by atoms with van der Waals surface area (Å²) in [6.45, 7) is 7.85. The van der Waals surface area contributed by atoms with Crippen LogP contribution in [0.5, 0.6) is 0 Å². The van der Waals surface area contributed by atoms with Crippen LogP contribution in [0.4, 0.5) is 0 Å². The van der Waals surface area contributed by atoms with Gasteiger partial charge in [-0.05, 0) is 30.5 Å². The number of aromatic nitrogens is 1. The maximum absolute atomic E-state index is 2.56. The molecule has 0 radical (unpaired) electrons. The van der Waals surface area contributed by atoms with Gasteiger partial charge in [0, 0.05) is 28.2 Å². The van der Waals surface area contributed by atoms with E-state index in [1.54, 1.807) is 0 Å². The summed E-state index contributed by atoms with van der Waals surface area (Å²) < 4.78 is 2.56. The summed E-state index contributed by atoms with van der Waals surface area (Å²) in [5.41, 5.74) is 8.63. The molecule has 0 fully saturated rings. The summed E-state index contributed by atoms with van der Waals surface area (Å²) in [5, 5.41) is 0. The van der Waals surface area contributed by atoms with Crippen LogP contribution in [0.15, 0.2) is 66.7 Å². The van der Waals surface area contributed by atoms with E-state index in [0.29, 0.717) is 0 Å². The molecule has 0 aliphatic heterocycles. The summed E-state index contributed by atoms with van der Waals surface area (Å²) in [6, 6.07) is 24.4. The van der Waals surface area contributed by atoms with Crippen molar-refractivity contribution < 1.29 is 4.57 Å². The van der Waals surface area contributed by atoms with Gasteiger partial charge in [0.25, 0.3) is 0 Å². The van der Waals surface area contributed by atoms with Crippen molar-refractivity contribution in [1.82, 2.24) is 0 Å². The van der Waals surface area contributed by atoms with Crippen LogP contribution in [-0.4, -0.2) is 0 Å². The zero-order valence-electron chi connectivity index (χ0n) is 15.4. The van der Waals surface area contributed by atoms with Gasteiger partial charge in [-0.2, -0.15) is 4.57 Å². The van der Waals surface area contributed by atoms with Crippen molar-refractivity contribution in [3.05, 3.63) is 89.1 Å². The molecule has 1 aliphatic rings. The zero-order valence-corrected chi connectivity index (χ0v) is 15.4. The van der Waals surface area contributed by atoms with E-state index in [-0.39, 0.29) is 5.41 Å². The molecule has 0 saturated carbocycles. The van der Waals surface area contributed by atoms with Gasteiger partial charge in [0.1, 0.15) is 0 Å². The van der Waals surface area contributed by atoms with E-state index in [4.69, 9.17) is 0 Å². The fourth-order valence-corrected chi connectivity index (χ4v) is 3.99. The average molecular weight is 328 g/mol. The third-order valence-corrected chi connectivity index (χ3v) is 5.20. The molecule has 0 atom stereocenters. The van der Waals surface area contributed by atoms with Gasteiger partial charge < -0.3 is 0 Å². The summed E-state index contributed by atoms with van der Waals surface area (Å²) in [7, 11) is 0. The van der Waals surface area contributed by atoms with E-state index in [1.807, 2.05) is 0 Å². The Hall–Kier alpha value is -2.41. The highest BCUT2D eigenvalue weighted by atomic mass is 15.0. The maximum atomic E-state index is 2.56. The van der Waals surface area contributed by atoms with Gasteiger partial charge in [-0.3, -0.25) is 0 Å². The van der Waals surface area contributed by atoms with Crippen LogP contribution >= 0.6 is 0 Å². The Bertz CT molecular complexity index is 901. The summed E-state index contributed by atoms with van der Waals surface area (Å²) in [4.78, 5) is 0. The molecule has 0 saturated heterocycles. The minimum atomic E-state index is 0.107. The second-order valence-corrected chi connectivity index (χ2v) is 8.07. The lowest BCUT2D eigenvalue weighted by Gasteiger charge is -2.24. The van der Waals surface area contributed by atoms with Crippen LogP contribution in [0, 0.1) is 0 Å². The molecular formula is C24H26N+. The van der Waals surface area contributed by atoms with Crippen molar-refractivity contribution in [3.63, 3.8) is 0 Å². The molecular weight excluding hydrogens is 302 g/mol. The molecule has 2 aromatic carbocycles. The van der Waals surface area contributed by atoms with Gasteiger partial charge in [0.15, 0.2) is 12.2 Å². The SMILES string of the molecule is CC(C)(C)c1ccc2c([n+]1Cc1ccccc1)-c1ccccc1CC2. The molecule has 1 heteroatoms. The molecule has 1 aliphatic carbocycles. The number of fused-ring (bicyclic) bond motifs is 3. The highest BCUT2D eigenvalue weighted by molar-refractivity contribution is 5.67. The first kappa shape index (κ1) is 16.1. The van der Waals surface area contributed by atoms with Crippen molar-refractivity contribution >= 4 is 0 Å². The molecule has 1 aromatic heterocycles. The standard InChI is InChI=1S/C24H26N/c1-24(2,3)22-16-15-20-14-13-19-11-7-8-12-21(19)23(20)25(22)17-18-9-5-4-6-10-18/h4-12,15-16H,13-14,17H2,1-3H3/q+1. The predicted octanol–water partition coefficient (Wildman–Crippen LogP) is 5.09. The molecule has 25 heavy (non-hydrogen) atoms. The van der Waals surface area contributed by atoms with Crippen molar-refractivity contribution in [2.75, 3.05) is 0 Å². The lowest BCUT2D eigenvalue weighted by Crippen LogP contribution is -2.47. The maximum Gasteiger partial charge on any atom is 0.216 e. The van der Waals surface area contributed by atoms with Crippen LogP contribution in [0.1, 0.15) is 43.2 Å². The van der Waals surface area contributed by atoms with E-state index in [9.17, 15) is 0 Å². The summed E-state index contributed by atoms with van der Waals surface area (Å²) in [5.74, 6) is 0. The van der Waals surface area contributed by atoms with E-state index < -0.39 is 0 Å². The van der Waals surface area contributed by atoms with Gasteiger partial charge in [0.2, 0.25) is 5.69 Å². The smallest absolute Gasteiger partial charge is 0.190 e. The van der Waals surface area contributed by atoms with Crippen LogP contribution in [0.25, 0.3) is 11.3 Å². The fraction of sp³-hybridized carbons (Fsp3) is 0.292. The molecule has 1 heterocycles. The second-order valence-electron chi connectivity index (χ2n) is 8.07. The highest BCUT2D eigenvalue weighted by Crippen LogP contribution is 2.33. The van der Waals surface area contributed by atoms with E-state index >= 15 is 0 Å². The Labute approximate surface area is 151 Å². The van der Waals surface area contributed by atoms with Gasteiger partial charge in [-0.15, -0.1) is 0 Å². The molecule has 0 unspecified atom stereocenters. The predicted molar refractivity (Wildman–Crippen MR) is 104 cm³/mol. The van der Waals surface area contributed by atoms with Crippen molar-refractivity contribution in [2.24, 2.45) is 0 Å². The van der Waals surface area contributed by atoms with E-state index in [0.717, 1.165) is 19.4 Å². The third kappa shape index (κ3) is 3.00. The second kappa shape index (κ2) is 6.15. The minimum absolute atomic E-state index is 0.107. The number of rotatable bonds is 2. The number of hydrogen-bond donors (Lipinski definition) is 0. The molecule has 126 valence electrons. The number of pyridine rings is 1. The minimum Gasteiger partial charge on any atom is -0.190 e. The number of aryl methyl sites for hydroxylation is 2. The number of nitrogens with zero attached hydrogens (tertiary/aromatic N) is 1. The van der Waals surface area contributed by atoms with Gasteiger partial charge in [-0.25, -0.2) is 0 Å². The number of benzene rings is 2. The van der Waals surface area contributed by atoms with Gasteiger partial charge in [-0.1, -0.05) is 69.3 Å². The van der Waals surface area contributed by atoms with Crippen molar-refractivity contribution in [1.29, 1.82) is 0 Å². The molecule has 4 rings (SSSR count). The quantitative estimate of drug-likeness (QED) is 0.577. The van der Waals surface area contributed by atoms with E-state index in [1.165, 1.54) is 33.6 Å². The fourth-order valence-electron chi connectivity index (χ4n) is 3.99. The van der Waals surface area contributed by atoms with Gasteiger partial charge >= 0.3 is 0 Å². The lowest BCUT2D eigenvalue weighted by atomic mass is 9.85. The van der Waals surface area contributed by atoms with Crippen LogP contribution in [0.2, 0.25) is 0 Å². The third-order valence-electron chi connectivity index (χ3n) is 5.20. The highest BCUT2D eigenvalue weighted by Gasteiger charge is 2.32.